The van der Waals surface area contributed by atoms with Crippen LogP contribution in [0.5, 0.6) is 0 Å². The second-order valence-corrected chi connectivity index (χ2v) is 7.38. The number of rotatable bonds is 5. The van der Waals surface area contributed by atoms with E-state index < -0.39 is 5.82 Å². The number of hydrogen-bond donors (Lipinski definition) is 2. The lowest BCUT2D eigenvalue weighted by atomic mass is 10.0. The van der Waals surface area contributed by atoms with Crippen LogP contribution in [0.25, 0.3) is 22.6 Å². The summed E-state index contributed by atoms with van der Waals surface area (Å²) < 4.78 is 14.1. The molecule has 5 rings (SSSR count). The summed E-state index contributed by atoms with van der Waals surface area (Å²) in [5.41, 5.74) is 6.18. The van der Waals surface area contributed by atoms with E-state index in [1.165, 1.54) is 13.0 Å². The number of imidazole rings is 1. The number of H-pyrrole nitrogens is 1. The number of halogens is 1. The van der Waals surface area contributed by atoms with E-state index in [1.807, 2.05) is 30.3 Å². The lowest BCUT2D eigenvalue weighted by Crippen LogP contribution is -2.32. The highest BCUT2D eigenvalue weighted by Gasteiger charge is 2.36. The molecule has 2 heterocycles. The molecule has 0 atom stereocenters. The van der Waals surface area contributed by atoms with Gasteiger partial charge in [0.05, 0.1) is 11.3 Å². The number of aromatic nitrogens is 2. The van der Waals surface area contributed by atoms with Crippen molar-refractivity contribution in [2.75, 3.05) is 6.67 Å². The van der Waals surface area contributed by atoms with E-state index in [1.54, 1.807) is 12.1 Å². The molecule has 2 N–H and O–H groups in total. The fourth-order valence-corrected chi connectivity index (χ4v) is 3.63. The highest BCUT2D eigenvalue weighted by molar-refractivity contribution is 6.04. The monoisotopic (exact) mass is 389 g/mol. The zero-order valence-corrected chi connectivity index (χ0v) is 15.9. The van der Waals surface area contributed by atoms with Gasteiger partial charge in [-0.2, -0.15) is 5.10 Å². The van der Waals surface area contributed by atoms with Crippen LogP contribution in [-0.2, 0) is 0 Å². The van der Waals surface area contributed by atoms with Crippen molar-refractivity contribution < 1.29 is 9.18 Å². The third kappa shape index (κ3) is 3.18. The minimum atomic E-state index is -0.523. The second-order valence-electron chi connectivity index (χ2n) is 7.38. The highest BCUT2D eigenvalue weighted by Crippen LogP contribution is 2.33. The van der Waals surface area contributed by atoms with Gasteiger partial charge in [-0.3, -0.25) is 10.2 Å². The smallest absolute Gasteiger partial charge is 0.178 e. The van der Waals surface area contributed by atoms with Crippen molar-refractivity contribution in [1.29, 1.82) is 0 Å². The van der Waals surface area contributed by atoms with Crippen LogP contribution >= 0.6 is 0 Å². The third-order valence-electron chi connectivity index (χ3n) is 5.28. The molecule has 7 heteroatoms. The van der Waals surface area contributed by atoms with Gasteiger partial charge in [0.2, 0.25) is 0 Å². The van der Waals surface area contributed by atoms with Crippen LogP contribution in [0.3, 0.4) is 0 Å². The zero-order chi connectivity index (χ0) is 20.0. The van der Waals surface area contributed by atoms with Gasteiger partial charge in [0.15, 0.2) is 11.6 Å². The minimum absolute atomic E-state index is 0.0647. The average Bonchev–Trinajstić information content (AvgIpc) is 3.29. The zero-order valence-electron chi connectivity index (χ0n) is 15.9. The summed E-state index contributed by atoms with van der Waals surface area (Å²) in [6, 6.07) is 14.8. The first-order chi connectivity index (χ1) is 14.1. The van der Waals surface area contributed by atoms with Gasteiger partial charge in [-0.1, -0.05) is 30.3 Å². The summed E-state index contributed by atoms with van der Waals surface area (Å²) in [7, 11) is 0. The molecule has 0 bridgehead atoms. The van der Waals surface area contributed by atoms with Gasteiger partial charge >= 0.3 is 0 Å². The predicted octanol–water partition coefficient (Wildman–Crippen LogP) is 3.77. The van der Waals surface area contributed by atoms with Gasteiger partial charge in [-0.05, 0) is 38.0 Å². The molecular formula is C22H20FN5O. The molecule has 2 aromatic carbocycles. The first-order valence-electron chi connectivity index (χ1n) is 9.65. The Bertz CT molecular complexity index is 1120. The summed E-state index contributed by atoms with van der Waals surface area (Å²) in [6.07, 6.45) is 2.27. The van der Waals surface area contributed by atoms with Crippen molar-refractivity contribution in [1.82, 2.24) is 20.3 Å². The summed E-state index contributed by atoms with van der Waals surface area (Å²) in [5, 5.41) is 4.49. The lowest BCUT2D eigenvalue weighted by Gasteiger charge is -2.17. The van der Waals surface area contributed by atoms with Crippen LogP contribution in [0, 0.1) is 5.82 Å². The molecule has 1 aromatic heterocycles. The van der Waals surface area contributed by atoms with Gasteiger partial charge in [-0.25, -0.2) is 9.37 Å². The highest BCUT2D eigenvalue weighted by atomic mass is 19.1. The maximum absolute atomic E-state index is 14.1. The fraction of sp³-hybridized carbons (Fsp3) is 0.227. The summed E-state index contributed by atoms with van der Waals surface area (Å²) in [4.78, 5) is 22.3. The molecule has 1 saturated carbocycles. The number of nitrogens with one attached hydrogen (secondary N) is 2. The van der Waals surface area contributed by atoms with Crippen molar-refractivity contribution in [2.45, 2.75) is 25.8 Å². The number of ketones is 1. The number of hydrogen-bond acceptors (Lipinski definition) is 5. The van der Waals surface area contributed by atoms with Crippen LogP contribution in [0.2, 0.25) is 0 Å². The van der Waals surface area contributed by atoms with Crippen molar-refractivity contribution >= 4 is 11.6 Å². The average molecular weight is 389 g/mol. The number of nitrogens with zero attached hydrogens (tertiary/aromatic N) is 3. The van der Waals surface area contributed by atoms with E-state index in [2.05, 4.69) is 20.4 Å². The van der Waals surface area contributed by atoms with Gasteiger partial charge < -0.3 is 9.88 Å². The minimum Gasteiger partial charge on any atom is -0.337 e. The van der Waals surface area contributed by atoms with E-state index in [-0.39, 0.29) is 11.3 Å². The molecule has 0 spiro atoms. The van der Waals surface area contributed by atoms with Crippen LogP contribution < -0.4 is 5.43 Å². The van der Waals surface area contributed by atoms with E-state index in [0.717, 1.165) is 29.9 Å². The van der Waals surface area contributed by atoms with Crippen LogP contribution in [0.15, 0.2) is 53.6 Å². The number of aromatic amines is 1. The number of carbonyl (C=O) groups is 1. The maximum Gasteiger partial charge on any atom is 0.178 e. The number of hydrazone groups is 1. The van der Waals surface area contributed by atoms with Crippen molar-refractivity contribution in [2.24, 2.45) is 5.10 Å². The second kappa shape index (κ2) is 6.84. The molecule has 0 saturated heterocycles. The number of amidine groups is 1. The molecular weight excluding hydrogens is 369 g/mol. The Hall–Kier alpha value is -3.48. The first-order valence-corrected chi connectivity index (χ1v) is 9.65. The molecule has 6 nitrogen and oxygen atoms in total. The van der Waals surface area contributed by atoms with E-state index in [4.69, 9.17) is 4.98 Å². The molecule has 1 fully saturated rings. The van der Waals surface area contributed by atoms with E-state index in [0.29, 0.717) is 29.8 Å². The molecule has 0 radical (unpaired) electrons. The van der Waals surface area contributed by atoms with Gasteiger partial charge in [0.1, 0.15) is 24.0 Å². The number of Topliss-reactive ketones (excluding diaryl/α,β-unsaturated/α-hetero) is 1. The quantitative estimate of drug-likeness (QED) is 0.652. The van der Waals surface area contributed by atoms with Crippen molar-refractivity contribution in [3.8, 4) is 22.6 Å². The Kier molecular flexibility index (Phi) is 4.16. The van der Waals surface area contributed by atoms with Gasteiger partial charge in [-0.15, -0.1) is 0 Å². The predicted molar refractivity (Wildman–Crippen MR) is 109 cm³/mol. The Labute approximate surface area is 167 Å². The summed E-state index contributed by atoms with van der Waals surface area (Å²) in [6.45, 7) is 2.01. The molecule has 1 aliphatic carbocycles. The SMILES string of the molecule is CC(=O)c1cc(-c2[nH]c(-c3ccccc3)nc2C2=NNCN2C2CC2)ccc1F. The normalized spacial score (nSPS) is 15.9. The summed E-state index contributed by atoms with van der Waals surface area (Å²) >= 11 is 0. The van der Waals surface area contributed by atoms with Gasteiger partial charge in [0, 0.05) is 17.2 Å². The van der Waals surface area contributed by atoms with E-state index in [9.17, 15) is 9.18 Å². The Balaban J connectivity index is 1.67. The number of carbonyl (C=O) groups excluding carboxylic acids is 1. The lowest BCUT2D eigenvalue weighted by molar-refractivity contribution is 0.101. The van der Waals surface area contributed by atoms with Crippen LogP contribution in [0.4, 0.5) is 4.39 Å². The molecule has 29 heavy (non-hydrogen) atoms. The Morgan fingerprint density at radius 3 is 2.66 bits per heavy atom. The van der Waals surface area contributed by atoms with Crippen LogP contribution in [-0.4, -0.2) is 39.2 Å². The molecule has 0 amide bonds. The van der Waals surface area contributed by atoms with Crippen LogP contribution in [0.1, 0.15) is 35.8 Å². The molecule has 2 aliphatic rings. The first kappa shape index (κ1) is 17.6. The summed E-state index contributed by atoms with van der Waals surface area (Å²) in [5.74, 6) is 0.641. The fourth-order valence-electron chi connectivity index (χ4n) is 3.63. The molecule has 0 unspecified atom stereocenters. The molecule has 3 aromatic rings. The largest absolute Gasteiger partial charge is 0.337 e. The van der Waals surface area contributed by atoms with Crippen molar-refractivity contribution in [3.05, 3.63) is 65.6 Å². The standard InChI is InChI=1S/C22H20FN5O/c1-13(29)17-11-15(7-10-18(17)23)19-20(22-27-24-12-28(22)16-8-9-16)26-21(25-19)14-5-3-2-4-6-14/h2-7,10-11,16,24H,8-9,12H2,1H3,(H,25,26). The molecule has 146 valence electrons. The van der Waals surface area contributed by atoms with E-state index >= 15 is 0 Å². The number of benzene rings is 2. The Morgan fingerprint density at radius 2 is 1.93 bits per heavy atom. The molecule has 1 aliphatic heterocycles. The third-order valence-corrected chi connectivity index (χ3v) is 5.28. The Morgan fingerprint density at radius 1 is 1.14 bits per heavy atom. The topological polar surface area (TPSA) is 73.4 Å². The maximum atomic E-state index is 14.1. The van der Waals surface area contributed by atoms with Gasteiger partial charge in [0.25, 0.3) is 0 Å². The van der Waals surface area contributed by atoms with Crippen molar-refractivity contribution in [3.63, 3.8) is 0 Å².